The first kappa shape index (κ1) is 20.5. The molecule has 0 saturated heterocycles. The summed E-state index contributed by atoms with van der Waals surface area (Å²) in [4.78, 5) is 36.0. The van der Waals surface area contributed by atoms with Gasteiger partial charge in [0.15, 0.2) is 0 Å². The summed E-state index contributed by atoms with van der Waals surface area (Å²) in [6.45, 7) is 2.92. The molecule has 0 bridgehead atoms. The first-order chi connectivity index (χ1) is 10.7. The molecule has 0 aliphatic carbocycles. The average molecular weight is 331 g/mol. The molecule has 0 unspecified atom stereocenters. The Kier molecular flexibility index (Phi) is 9.12. The van der Waals surface area contributed by atoms with E-state index in [9.17, 15) is 19.5 Å². The van der Waals surface area contributed by atoms with Gasteiger partial charge in [0.2, 0.25) is 11.8 Å². The second-order valence-corrected chi connectivity index (χ2v) is 5.29. The average Bonchev–Trinajstić information content (AvgIpc) is 2.48. The number of ether oxygens (including phenoxy) is 1. The molecule has 11 heteroatoms. The van der Waals surface area contributed by atoms with Crippen LogP contribution in [0.3, 0.4) is 0 Å². The number of carboxylic acid groups (broad SMARTS) is 1. The lowest BCUT2D eigenvalue weighted by Gasteiger charge is -2.28. The lowest BCUT2D eigenvalue weighted by Crippen LogP contribution is -2.46. The van der Waals surface area contributed by atoms with E-state index in [1.807, 2.05) is 0 Å². The molecule has 0 spiro atoms. The van der Waals surface area contributed by atoms with Crippen molar-refractivity contribution in [3.05, 3.63) is 10.4 Å². The first-order valence-electron chi connectivity index (χ1n) is 6.79. The van der Waals surface area contributed by atoms with Gasteiger partial charge < -0.3 is 25.6 Å². The maximum absolute atomic E-state index is 11.8. The van der Waals surface area contributed by atoms with Crippen LogP contribution in [0.5, 0.6) is 0 Å². The monoisotopic (exact) mass is 331 g/mol. The van der Waals surface area contributed by atoms with Gasteiger partial charge in [0, 0.05) is 36.4 Å². The molecule has 0 rings (SSSR count). The minimum atomic E-state index is -1.50. The number of aliphatic hydroxyl groups excluding tert-OH is 1. The van der Waals surface area contributed by atoms with Gasteiger partial charge in [-0.2, -0.15) is 0 Å². The highest BCUT2D eigenvalue weighted by Crippen LogP contribution is 2.21. The summed E-state index contributed by atoms with van der Waals surface area (Å²) in [5, 5.41) is 26.4. The lowest BCUT2D eigenvalue weighted by molar-refractivity contribution is -0.137. The molecule has 11 nitrogen and oxygen atoms in total. The molecular weight excluding hydrogens is 310 g/mol. The van der Waals surface area contributed by atoms with E-state index in [-0.39, 0.29) is 38.6 Å². The van der Waals surface area contributed by atoms with Crippen molar-refractivity contribution < 1.29 is 29.3 Å². The van der Waals surface area contributed by atoms with E-state index >= 15 is 0 Å². The topological polar surface area (TPSA) is 174 Å². The summed E-state index contributed by atoms with van der Waals surface area (Å²) < 4.78 is 4.36. The van der Waals surface area contributed by atoms with E-state index in [1.165, 1.54) is 13.8 Å². The smallest absolute Gasteiger partial charge is 0.450 e. The third-order valence-corrected chi connectivity index (χ3v) is 2.80. The third-order valence-electron chi connectivity index (χ3n) is 2.80. The number of hydrogen-bond donors (Lipinski definition) is 4. The summed E-state index contributed by atoms with van der Waals surface area (Å²) in [5.41, 5.74) is 6.94. The zero-order valence-electron chi connectivity index (χ0n) is 13.0. The first-order valence-corrected chi connectivity index (χ1v) is 6.79. The Bertz CT molecular complexity index is 475. The molecule has 1 atom stereocenters. The van der Waals surface area contributed by atoms with Crippen LogP contribution in [-0.2, 0) is 14.3 Å². The summed E-state index contributed by atoms with van der Waals surface area (Å²) >= 11 is 0. The highest BCUT2D eigenvalue weighted by molar-refractivity contribution is 5.82. The maximum Gasteiger partial charge on any atom is 0.505 e. The molecule has 0 aromatic rings. The van der Waals surface area contributed by atoms with Crippen LogP contribution in [0.2, 0.25) is 0 Å². The molecule has 0 aromatic carbocycles. The molecule has 4 N–H and O–H groups in total. The Hall–Kier alpha value is -2.52. The Morgan fingerprint density at radius 3 is 2.52 bits per heavy atom. The number of aliphatic hydroxyl groups is 1. The minimum Gasteiger partial charge on any atom is -0.450 e. The third kappa shape index (κ3) is 9.17. The molecule has 0 saturated carbocycles. The fraction of sp³-hybridized carbons (Fsp3) is 0.750. The van der Waals surface area contributed by atoms with Crippen molar-refractivity contribution in [2.24, 2.45) is 10.5 Å². The van der Waals surface area contributed by atoms with Gasteiger partial charge in [-0.3, -0.25) is 9.59 Å². The van der Waals surface area contributed by atoms with Crippen molar-refractivity contribution >= 4 is 18.0 Å². The van der Waals surface area contributed by atoms with Gasteiger partial charge in [-0.05, 0) is 5.53 Å². The molecule has 23 heavy (non-hydrogen) atoms. The predicted octanol–water partition coefficient (Wildman–Crippen LogP) is 0.000900. The Morgan fingerprint density at radius 2 is 1.96 bits per heavy atom. The summed E-state index contributed by atoms with van der Waals surface area (Å²) in [6.07, 6.45) is -3.00. The van der Waals surface area contributed by atoms with Crippen LogP contribution in [0.15, 0.2) is 5.11 Å². The molecule has 0 aliphatic rings. The Labute approximate surface area is 132 Å². The Morgan fingerprint density at radius 1 is 1.30 bits per heavy atom. The zero-order valence-corrected chi connectivity index (χ0v) is 13.0. The van der Waals surface area contributed by atoms with E-state index in [1.54, 1.807) is 0 Å². The molecule has 2 amide bonds. The van der Waals surface area contributed by atoms with Crippen LogP contribution in [0.25, 0.3) is 10.4 Å². The molecule has 0 fully saturated rings. The number of nitrogens with one attached hydrogen (secondary N) is 2. The van der Waals surface area contributed by atoms with Crippen molar-refractivity contribution in [3.8, 4) is 0 Å². The van der Waals surface area contributed by atoms with Crippen LogP contribution in [-0.4, -0.2) is 60.5 Å². The van der Waals surface area contributed by atoms with Gasteiger partial charge in [0.1, 0.15) is 12.7 Å². The van der Waals surface area contributed by atoms with Crippen LogP contribution in [0.4, 0.5) is 4.79 Å². The maximum atomic E-state index is 11.8. The minimum absolute atomic E-state index is 0.000881. The molecule has 0 heterocycles. The molecular formula is C12H21N5O6. The van der Waals surface area contributed by atoms with Gasteiger partial charge in [0.05, 0.1) is 0 Å². The van der Waals surface area contributed by atoms with Gasteiger partial charge in [-0.15, -0.1) is 0 Å². The number of carbonyl (C=O) groups is 3. The van der Waals surface area contributed by atoms with Crippen molar-refractivity contribution in [1.82, 2.24) is 10.6 Å². The normalized spacial score (nSPS) is 11.8. The fourth-order valence-electron chi connectivity index (χ4n) is 1.46. The summed E-state index contributed by atoms with van der Waals surface area (Å²) in [7, 11) is 0. The Balaban J connectivity index is 4.10. The van der Waals surface area contributed by atoms with Gasteiger partial charge in [0.25, 0.3) is 0 Å². The number of azide groups is 1. The van der Waals surface area contributed by atoms with Crippen LogP contribution < -0.4 is 10.6 Å². The molecule has 130 valence electrons. The summed E-state index contributed by atoms with van der Waals surface area (Å²) in [6, 6.07) is 0. The number of rotatable bonds is 10. The van der Waals surface area contributed by atoms with Crippen molar-refractivity contribution in [1.29, 1.82) is 0 Å². The highest BCUT2D eigenvalue weighted by Gasteiger charge is 2.34. The number of nitrogens with zero attached hydrogens (tertiary/aromatic N) is 3. The van der Waals surface area contributed by atoms with Gasteiger partial charge >= 0.3 is 6.16 Å². The second kappa shape index (κ2) is 10.2. The SMILES string of the molecule is CC(C)(COC(=O)O)[C@@H](O)C(=O)NCCC(=O)NCCN=[N+]=[N-]. The second-order valence-electron chi connectivity index (χ2n) is 5.29. The van der Waals surface area contributed by atoms with Gasteiger partial charge in [-0.1, -0.05) is 19.0 Å². The number of amides is 2. The number of carbonyl (C=O) groups excluding carboxylic acids is 2. The lowest BCUT2D eigenvalue weighted by atomic mass is 9.87. The highest BCUT2D eigenvalue weighted by atomic mass is 16.7. The van der Waals surface area contributed by atoms with Crippen molar-refractivity contribution in [2.45, 2.75) is 26.4 Å². The zero-order chi connectivity index (χ0) is 17.9. The van der Waals surface area contributed by atoms with Crippen LogP contribution >= 0.6 is 0 Å². The summed E-state index contributed by atoms with van der Waals surface area (Å²) in [5.74, 6) is -1.08. The standard InChI is InChI=1S/C12H21N5O6/c1-12(2,7-23-11(21)22)9(19)10(20)15-4-3-8(18)14-5-6-16-17-13/h9,19H,3-7H2,1-2H3,(H,14,18)(H,15,20)(H,21,22)/t9-/m0/s1. The molecule has 0 aliphatic heterocycles. The molecule has 0 aromatic heterocycles. The van der Waals surface area contributed by atoms with E-state index in [2.05, 4.69) is 25.4 Å². The van der Waals surface area contributed by atoms with Crippen molar-refractivity contribution in [2.75, 3.05) is 26.2 Å². The van der Waals surface area contributed by atoms with Crippen LogP contribution in [0, 0.1) is 5.41 Å². The van der Waals surface area contributed by atoms with Gasteiger partial charge in [-0.25, -0.2) is 4.79 Å². The largest absolute Gasteiger partial charge is 0.505 e. The van der Waals surface area contributed by atoms with Crippen LogP contribution in [0.1, 0.15) is 20.3 Å². The van der Waals surface area contributed by atoms with E-state index in [0.717, 1.165) is 0 Å². The predicted molar refractivity (Wildman–Crippen MR) is 78.4 cm³/mol. The van der Waals surface area contributed by atoms with E-state index < -0.39 is 23.6 Å². The van der Waals surface area contributed by atoms with E-state index in [4.69, 9.17) is 10.6 Å². The molecule has 0 radical (unpaired) electrons. The fourth-order valence-corrected chi connectivity index (χ4v) is 1.46. The van der Waals surface area contributed by atoms with E-state index in [0.29, 0.717) is 0 Å². The number of hydrogen-bond acceptors (Lipinski definition) is 6. The van der Waals surface area contributed by atoms with Crippen molar-refractivity contribution in [3.63, 3.8) is 0 Å². The quantitative estimate of drug-likeness (QED) is 0.144.